The van der Waals surface area contributed by atoms with Gasteiger partial charge in [-0.25, -0.2) is 0 Å². The molecule has 0 saturated carbocycles. The van der Waals surface area contributed by atoms with Crippen LogP contribution in [0, 0.1) is 6.92 Å². The molecule has 0 aliphatic heterocycles. The van der Waals surface area contributed by atoms with Crippen LogP contribution in [0.3, 0.4) is 0 Å². The fourth-order valence-electron chi connectivity index (χ4n) is 5.45. The van der Waals surface area contributed by atoms with E-state index >= 15 is 0 Å². The third-order valence-corrected chi connectivity index (χ3v) is 6.43. The Balaban J connectivity index is 1.84. The summed E-state index contributed by atoms with van der Waals surface area (Å²) >= 11 is 0. The van der Waals surface area contributed by atoms with Gasteiger partial charge in [-0.05, 0) is 57.9 Å². The SMILES string of the molecule is Cc1ccc2c(c1)C1(C3=C2C=CC=CC3)c2ccccc2-c2ccccc21. The third kappa shape index (κ3) is 1.73. The van der Waals surface area contributed by atoms with Crippen molar-refractivity contribution >= 4 is 5.57 Å². The van der Waals surface area contributed by atoms with Crippen molar-refractivity contribution in [2.24, 2.45) is 0 Å². The number of rotatable bonds is 0. The summed E-state index contributed by atoms with van der Waals surface area (Å²) in [7, 11) is 0. The summed E-state index contributed by atoms with van der Waals surface area (Å²) in [5.74, 6) is 0. The Morgan fingerprint density at radius 3 is 2.15 bits per heavy atom. The molecule has 0 bridgehead atoms. The highest BCUT2D eigenvalue weighted by molar-refractivity contribution is 5.97. The normalized spacial score (nSPS) is 17.5. The summed E-state index contributed by atoms with van der Waals surface area (Å²) in [6, 6.07) is 25.0. The summed E-state index contributed by atoms with van der Waals surface area (Å²) in [5.41, 5.74) is 12.6. The molecule has 3 aromatic carbocycles. The maximum Gasteiger partial charge on any atom is 0.0691 e. The van der Waals surface area contributed by atoms with Gasteiger partial charge in [0, 0.05) is 0 Å². The van der Waals surface area contributed by atoms with Crippen molar-refractivity contribution in [3.8, 4) is 11.1 Å². The van der Waals surface area contributed by atoms with Gasteiger partial charge in [-0.3, -0.25) is 0 Å². The molecule has 3 aliphatic carbocycles. The third-order valence-electron chi connectivity index (χ3n) is 6.43. The fraction of sp³-hybridized carbons (Fsp3) is 0.111. The highest BCUT2D eigenvalue weighted by Gasteiger charge is 2.51. The minimum absolute atomic E-state index is 0.164. The lowest BCUT2D eigenvalue weighted by atomic mass is 9.68. The Hall–Kier alpha value is -3.12. The number of benzene rings is 3. The van der Waals surface area contributed by atoms with Crippen molar-refractivity contribution < 1.29 is 0 Å². The van der Waals surface area contributed by atoms with Crippen LogP contribution in [0.5, 0.6) is 0 Å². The molecule has 0 unspecified atom stereocenters. The molecule has 3 aliphatic rings. The van der Waals surface area contributed by atoms with Crippen LogP contribution < -0.4 is 0 Å². The van der Waals surface area contributed by atoms with Gasteiger partial charge in [0.25, 0.3) is 0 Å². The van der Waals surface area contributed by atoms with Crippen LogP contribution in [0.15, 0.2) is 96.6 Å². The molecule has 0 fully saturated rings. The van der Waals surface area contributed by atoms with E-state index in [4.69, 9.17) is 0 Å². The Morgan fingerprint density at radius 2 is 1.41 bits per heavy atom. The quantitative estimate of drug-likeness (QED) is 0.431. The standard InChI is InChI=1S/C27H20/c1-18-15-16-22-21-9-3-2-4-12-23(21)27(26(22)17-18)24-13-7-5-10-19(24)20-11-6-8-14-25(20)27/h2-11,13-17H,12H2,1H3. The molecule has 0 heteroatoms. The number of hydrogen-bond acceptors (Lipinski definition) is 0. The molecule has 3 aromatic rings. The van der Waals surface area contributed by atoms with Gasteiger partial charge >= 0.3 is 0 Å². The molecule has 0 aromatic heterocycles. The first kappa shape index (κ1) is 15.0. The van der Waals surface area contributed by atoms with Crippen molar-refractivity contribution in [1.82, 2.24) is 0 Å². The van der Waals surface area contributed by atoms with Crippen LogP contribution in [-0.4, -0.2) is 0 Å². The van der Waals surface area contributed by atoms with Crippen molar-refractivity contribution in [2.45, 2.75) is 18.8 Å². The van der Waals surface area contributed by atoms with E-state index in [9.17, 15) is 0 Å². The van der Waals surface area contributed by atoms with E-state index in [1.54, 1.807) is 0 Å². The average Bonchev–Trinajstić information content (AvgIpc) is 2.99. The monoisotopic (exact) mass is 344 g/mol. The van der Waals surface area contributed by atoms with Gasteiger partial charge in [0.1, 0.15) is 0 Å². The van der Waals surface area contributed by atoms with Gasteiger partial charge in [0.15, 0.2) is 0 Å². The predicted octanol–water partition coefficient (Wildman–Crippen LogP) is 6.59. The van der Waals surface area contributed by atoms with E-state index < -0.39 is 0 Å². The summed E-state index contributed by atoms with van der Waals surface area (Å²) in [6.45, 7) is 2.21. The van der Waals surface area contributed by atoms with Gasteiger partial charge in [0.05, 0.1) is 5.41 Å². The van der Waals surface area contributed by atoms with E-state index in [-0.39, 0.29) is 5.41 Å². The maximum absolute atomic E-state index is 2.42. The van der Waals surface area contributed by atoms with Crippen molar-refractivity contribution in [3.63, 3.8) is 0 Å². The fourth-order valence-corrected chi connectivity index (χ4v) is 5.45. The van der Waals surface area contributed by atoms with Crippen LogP contribution in [0.4, 0.5) is 0 Å². The molecule has 0 heterocycles. The molecular weight excluding hydrogens is 324 g/mol. The maximum atomic E-state index is 2.42. The zero-order valence-corrected chi connectivity index (χ0v) is 15.4. The van der Waals surface area contributed by atoms with Crippen molar-refractivity contribution in [2.75, 3.05) is 0 Å². The lowest BCUT2D eigenvalue weighted by Crippen LogP contribution is -2.27. The Morgan fingerprint density at radius 1 is 0.704 bits per heavy atom. The van der Waals surface area contributed by atoms with Crippen LogP contribution in [0.1, 0.15) is 34.2 Å². The van der Waals surface area contributed by atoms with Gasteiger partial charge < -0.3 is 0 Å². The van der Waals surface area contributed by atoms with Crippen LogP contribution in [0.2, 0.25) is 0 Å². The lowest BCUT2D eigenvalue weighted by molar-refractivity contribution is 0.746. The zero-order valence-electron chi connectivity index (χ0n) is 15.4. The van der Waals surface area contributed by atoms with Crippen LogP contribution in [0.25, 0.3) is 16.7 Å². The Kier molecular flexibility index (Phi) is 2.89. The van der Waals surface area contributed by atoms with Crippen LogP contribution >= 0.6 is 0 Å². The first-order chi connectivity index (χ1) is 13.3. The molecule has 128 valence electrons. The first-order valence-corrected chi connectivity index (χ1v) is 9.69. The number of fused-ring (bicyclic) bond motifs is 9. The highest BCUT2D eigenvalue weighted by Crippen LogP contribution is 2.62. The number of allylic oxidation sites excluding steroid dienone is 6. The van der Waals surface area contributed by atoms with Gasteiger partial charge in [0.2, 0.25) is 0 Å². The number of hydrogen-bond donors (Lipinski definition) is 0. The Bertz CT molecular complexity index is 1150. The largest absolute Gasteiger partial charge is 0.0804 e. The zero-order chi connectivity index (χ0) is 18.0. The molecule has 6 rings (SSSR count). The summed E-state index contributed by atoms with van der Waals surface area (Å²) in [4.78, 5) is 0. The minimum Gasteiger partial charge on any atom is -0.0804 e. The second kappa shape index (κ2) is 5.20. The van der Waals surface area contributed by atoms with E-state index in [1.807, 2.05) is 0 Å². The van der Waals surface area contributed by atoms with Gasteiger partial charge in [-0.1, -0.05) is 96.6 Å². The Labute approximate surface area is 160 Å². The average molecular weight is 344 g/mol. The lowest BCUT2D eigenvalue weighted by Gasteiger charge is -2.32. The minimum atomic E-state index is -0.164. The molecule has 0 atom stereocenters. The summed E-state index contributed by atoms with van der Waals surface area (Å²) in [5, 5.41) is 0. The molecule has 0 amide bonds. The molecule has 0 radical (unpaired) electrons. The molecule has 27 heavy (non-hydrogen) atoms. The van der Waals surface area contributed by atoms with Crippen LogP contribution in [-0.2, 0) is 5.41 Å². The van der Waals surface area contributed by atoms with Gasteiger partial charge in [-0.15, -0.1) is 0 Å². The van der Waals surface area contributed by atoms with E-state index in [0.717, 1.165) is 6.42 Å². The predicted molar refractivity (Wildman–Crippen MR) is 113 cm³/mol. The van der Waals surface area contributed by atoms with E-state index in [2.05, 4.69) is 98.0 Å². The van der Waals surface area contributed by atoms with Crippen molar-refractivity contribution in [3.05, 3.63) is 124 Å². The number of aryl methyl sites for hydroxylation is 1. The summed E-state index contributed by atoms with van der Waals surface area (Å²) in [6.07, 6.45) is 9.98. The second-order valence-corrected chi connectivity index (χ2v) is 7.77. The van der Waals surface area contributed by atoms with E-state index in [0.29, 0.717) is 0 Å². The topological polar surface area (TPSA) is 0 Å². The summed E-state index contributed by atoms with van der Waals surface area (Å²) < 4.78 is 0. The van der Waals surface area contributed by atoms with E-state index in [1.165, 1.54) is 50.1 Å². The molecule has 0 saturated heterocycles. The highest BCUT2D eigenvalue weighted by atomic mass is 14.5. The van der Waals surface area contributed by atoms with Crippen molar-refractivity contribution in [1.29, 1.82) is 0 Å². The molecule has 0 N–H and O–H groups in total. The van der Waals surface area contributed by atoms with Gasteiger partial charge in [-0.2, -0.15) is 0 Å². The molecular formula is C27H20. The second-order valence-electron chi connectivity index (χ2n) is 7.77. The molecule has 1 spiro atoms. The molecule has 0 nitrogen and oxygen atoms in total. The first-order valence-electron chi connectivity index (χ1n) is 9.69. The smallest absolute Gasteiger partial charge is 0.0691 e.